The highest BCUT2D eigenvalue weighted by Gasteiger charge is 2.10. The molecule has 0 aliphatic rings. The molecule has 2 rings (SSSR count). The molecule has 0 aromatic heterocycles. The highest BCUT2D eigenvalue weighted by molar-refractivity contribution is 5.92. The van der Waals surface area contributed by atoms with E-state index in [-0.39, 0.29) is 5.91 Å². The fourth-order valence-corrected chi connectivity index (χ4v) is 2.76. The van der Waals surface area contributed by atoms with Crippen LogP contribution in [-0.4, -0.2) is 24.4 Å². The lowest BCUT2D eigenvalue weighted by Crippen LogP contribution is -2.30. The smallest absolute Gasteiger partial charge is 0.238 e. The van der Waals surface area contributed by atoms with Gasteiger partial charge in [0.15, 0.2) is 0 Å². The number of benzene rings is 2. The Balaban J connectivity index is 1.94. The molecule has 122 valence electrons. The molecule has 0 unspecified atom stereocenters. The van der Waals surface area contributed by atoms with Crippen molar-refractivity contribution in [1.82, 2.24) is 4.90 Å². The van der Waals surface area contributed by atoms with Gasteiger partial charge in [0.2, 0.25) is 5.91 Å². The van der Waals surface area contributed by atoms with Crippen LogP contribution < -0.4 is 5.32 Å². The Labute approximate surface area is 139 Å². The maximum absolute atomic E-state index is 12.3. The monoisotopic (exact) mass is 310 g/mol. The van der Waals surface area contributed by atoms with Crippen molar-refractivity contribution in [3.05, 3.63) is 64.7 Å². The third-order valence-electron chi connectivity index (χ3n) is 4.02. The number of likely N-dealkylation sites (N-methyl/N-ethyl adjacent to an activating group) is 1. The minimum atomic E-state index is 0.0261. The largest absolute Gasteiger partial charge is 0.325 e. The summed E-state index contributed by atoms with van der Waals surface area (Å²) in [6.07, 6.45) is 0.912. The molecule has 1 amide bonds. The summed E-state index contributed by atoms with van der Waals surface area (Å²) in [5.41, 5.74) is 5.88. The Kier molecular flexibility index (Phi) is 5.94. The van der Waals surface area contributed by atoms with Crippen molar-refractivity contribution in [2.45, 2.75) is 33.7 Å². The van der Waals surface area contributed by atoms with Crippen LogP contribution in [0.25, 0.3) is 0 Å². The fraction of sp³-hybridized carbons (Fsp3) is 0.350. The number of para-hydroxylation sites is 1. The van der Waals surface area contributed by atoms with Gasteiger partial charge in [0, 0.05) is 12.2 Å². The number of hydrogen-bond donors (Lipinski definition) is 1. The third-order valence-corrected chi connectivity index (χ3v) is 4.02. The topological polar surface area (TPSA) is 32.3 Å². The van der Waals surface area contributed by atoms with Crippen LogP contribution in [0.5, 0.6) is 0 Å². The van der Waals surface area contributed by atoms with Crippen molar-refractivity contribution in [2.75, 3.05) is 18.9 Å². The van der Waals surface area contributed by atoms with Gasteiger partial charge >= 0.3 is 0 Å². The zero-order valence-electron chi connectivity index (χ0n) is 14.5. The molecule has 0 atom stereocenters. The molecular formula is C20H26N2O. The zero-order chi connectivity index (χ0) is 16.8. The van der Waals surface area contributed by atoms with E-state index in [0.717, 1.165) is 24.2 Å². The third kappa shape index (κ3) is 4.93. The van der Waals surface area contributed by atoms with Gasteiger partial charge in [-0.1, -0.05) is 48.9 Å². The number of hydrogen-bond acceptors (Lipinski definition) is 2. The van der Waals surface area contributed by atoms with E-state index in [4.69, 9.17) is 0 Å². The van der Waals surface area contributed by atoms with Gasteiger partial charge in [0.1, 0.15) is 0 Å². The second-order valence-corrected chi connectivity index (χ2v) is 6.16. The first-order valence-electron chi connectivity index (χ1n) is 8.12. The van der Waals surface area contributed by atoms with Gasteiger partial charge in [-0.2, -0.15) is 0 Å². The molecule has 3 heteroatoms. The standard InChI is InChI=1S/C20H26N2O/c1-5-17-8-6-7-9-19(17)21-20(23)14-22(4)13-18-11-10-15(2)12-16(18)3/h6-12H,5,13-14H2,1-4H3,(H,21,23). The van der Waals surface area contributed by atoms with E-state index in [1.807, 2.05) is 30.1 Å². The summed E-state index contributed by atoms with van der Waals surface area (Å²) in [5, 5.41) is 3.02. The van der Waals surface area contributed by atoms with Crippen LogP contribution in [-0.2, 0) is 17.8 Å². The number of nitrogens with one attached hydrogen (secondary N) is 1. The fourth-order valence-electron chi connectivity index (χ4n) is 2.76. The summed E-state index contributed by atoms with van der Waals surface area (Å²) >= 11 is 0. The van der Waals surface area contributed by atoms with Crippen LogP contribution in [0.3, 0.4) is 0 Å². The zero-order valence-corrected chi connectivity index (χ0v) is 14.5. The summed E-state index contributed by atoms with van der Waals surface area (Å²) < 4.78 is 0. The summed E-state index contributed by atoms with van der Waals surface area (Å²) in [7, 11) is 1.98. The molecule has 0 radical (unpaired) electrons. The number of carbonyl (C=O) groups is 1. The minimum Gasteiger partial charge on any atom is -0.325 e. The molecule has 2 aromatic carbocycles. The lowest BCUT2D eigenvalue weighted by Gasteiger charge is -2.18. The van der Waals surface area contributed by atoms with E-state index in [0.29, 0.717) is 6.54 Å². The summed E-state index contributed by atoms with van der Waals surface area (Å²) in [6, 6.07) is 14.4. The second kappa shape index (κ2) is 7.93. The van der Waals surface area contributed by atoms with Crippen LogP contribution in [0.1, 0.15) is 29.2 Å². The molecule has 2 aromatic rings. The highest BCUT2D eigenvalue weighted by atomic mass is 16.2. The lowest BCUT2D eigenvalue weighted by molar-refractivity contribution is -0.117. The van der Waals surface area contributed by atoms with Crippen LogP contribution in [0, 0.1) is 13.8 Å². The van der Waals surface area contributed by atoms with Crippen molar-refractivity contribution < 1.29 is 4.79 Å². The summed E-state index contributed by atoms with van der Waals surface area (Å²) in [6.45, 7) is 7.46. The van der Waals surface area contributed by atoms with E-state index in [9.17, 15) is 4.79 Å². The van der Waals surface area contributed by atoms with Crippen LogP contribution >= 0.6 is 0 Å². The number of rotatable bonds is 6. The van der Waals surface area contributed by atoms with Crippen LogP contribution in [0.15, 0.2) is 42.5 Å². The SMILES string of the molecule is CCc1ccccc1NC(=O)CN(C)Cc1ccc(C)cc1C. The van der Waals surface area contributed by atoms with Gasteiger partial charge in [-0.3, -0.25) is 9.69 Å². The molecule has 0 fully saturated rings. The number of anilines is 1. The molecule has 0 aliphatic heterocycles. The predicted octanol–water partition coefficient (Wildman–Crippen LogP) is 3.94. The van der Waals surface area contributed by atoms with E-state index in [1.54, 1.807) is 0 Å². The van der Waals surface area contributed by atoms with Gasteiger partial charge in [0.25, 0.3) is 0 Å². The van der Waals surface area contributed by atoms with Crippen molar-refractivity contribution in [2.24, 2.45) is 0 Å². The van der Waals surface area contributed by atoms with Crippen molar-refractivity contribution in [1.29, 1.82) is 0 Å². The van der Waals surface area contributed by atoms with Gasteiger partial charge in [0.05, 0.1) is 6.54 Å². The molecule has 0 heterocycles. The van der Waals surface area contributed by atoms with Gasteiger partial charge in [-0.15, -0.1) is 0 Å². The van der Waals surface area contributed by atoms with Gasteiger partial charge in [-0.25, -0.2) is 0 Å². The van der Waals surface area contributed by atoms with E-state index < -0.39 is 0 Å². The summed E-state index contributed by atoms with van der Waals surface area (Å²) in [4.78, 5) is 14.3. The molecule has 0 aliphatic carbocycles. The average molecular weight is 310 g/mol. The number of amides is 1. The Morgan fingerprint density at radius 1 is 1.09 bits per heavy atom. The average Bonchev–Trinajstić information content (AvgIpc) is 2.50. The molecule has 0 bridgehead atoms. The Morgan fingerprint density at radius 2 is 1.83 bits per heavy atom. The molecule has 1 N–H and O–H groups in total. The van der Waals surface area contributed by atoms with Crippen molar-refractivity contribution in [3.8, 4) is 0 Å². The predicted molar refractivity (Wildman–Crippen MR) is 96.7 cm³/mol. The maximum Gasteiger partial charge on any atom is 0.238 e. The number of nitrogens with zero attached hydrogens (tertiary/aromatic N) is 1. The van der Waals surface area contributed by atoms with Crippen LogP contribution in [0.4, 0.5) is 5.69 Å². The first-order chi connectivity index (χ1) is 11.0. The van der Waals surface area contributed by atoms with E-state index in [1.165, 1.54) is 16.7 Å². The van der Waals surface area contributed by atoms with E-state index >= 15 is 0 Å². The molecular weight excluding hydrogens is 284 g/mol. The lowest BCUT2D eigenvalue weighted by atomic mass is 10.1. The van der Waals surface area contributed by atoms with Crippen molar-refractivity contribution in [3.63, 3.8) is 0 Å². The Hall–Kier alpha value is -2.13. The molecule has 0 saturated carbocycles. The number of carbonyl (C=O) groups excluding carboxylic acids is 1. The van der Waals surface area contributed by atoms with Crippen LogP contribution in [0.2, 0.25) is 0 Å². The second-order valence-electron chi connectivity index (χ2n) is 6.16. The quantitative estimate of drug-likeness (QED) is 0.876. The summed E-state index contributed by atoms with van der Waals surface area (Å²) in [5.74, 6) is 0.0261. The van der Waals surface area contributed by atoms with E-state index in [2.05, 4.69) is 50.4 Å². The highest BCUT2D eigenvalue weighted by Crippen LogP contribution is 2.16. The molecule has 3 nitrogen and oxygen atoms in total. The number of aryl methyl sites for hydroxylation is 3. The normalized spacial score (nSPS) is 10.8. The molecule has 0 spiro atoms. The maximum atomic E-state index is 12.3. The molecule has 23 heavy (non-hydrogen) atoms. The Morgan fingerprint density at radius 3 is 2.52 bits per heavy atom. The van der Waals surface area contributed by atoms with Gasteiger partial charge < -0.3 is 5.32 Å². The Bertz CT molecular complexity index is 679. The van der Waals surface area contributed by atoms with Gasteiger partial charge in [-0.05, 0) is 50.1 Å². The van der Waals surface area contributed by atoms with Crippen molar-refractivity contribution >= 4 is 11.6 Å². The molecule has 0 saturated heterocycles. The first kappa shape index (κ1) is 17.2. The minimum absolute atomic E-state index is 0.0261. The first-order valence-corrected chi connectivity index (χ1v) is 8.12.